The highest BCUT2D eigenvalue weighted by molar-refractivity contribution is 6.29. The molecular formula is C13H12ClN3O3. The number of carboxylic acid groups (broad SMARTS) is 1. The van der Waals surface area contributed by atoms with Crippen LogP contribution in [0.25, 0.3) is 0 Å². The topological polar surface area (TPSA) is 84.3 Å². The van der Waals surface area contributed by atoms with Gasteiger partial charge in [0, 0.05) is 18.8 Å². The number of nitrogens with one attached hydrogen (secondary N) is 1. The van der Waals surface area contributed by atoms with Crippen molar-refractivity contribution in [2.24, 2.45) is 0 Å². The first-order valence-corrected chi connectivity index (χ1v) is 6.10. The van der Waals surface area contributed by atoms with E-state index in [1.807, 2.05) is 6.07 Å². The lowest BCUT2D eigenvalue weighted by atomic mass is 10.2. The van der Waals surface area contributed by atoms with E-state index in [9.17, 15) is 4.79 Å². The number of aromatic nitrogens is 2. The van der Waals surface area contributed by atoms with Crippen molar-refractivity contribution in [3.05, 3.63) is 46.7 Å². The van der Waals surface area contributed by atoms with Gasteiger partial charge in [-0.1, -0.05) is 17.7 Å². The van der Waals surface area contributed by atoms with Crippen LogP contribution in [0, 0.1) is 0 Å². The van der Waals surface area contributed by atoms with Crippen molar-refractivity contribution in [2.75, 3.05) is 12.4 Å². The molecule has 0 aliphatic carbocycles. The minimum absolute atomic E-state index is 0.0656. The maximum absolute atomic E-state index is 11.1. The van der Waals surface area contributed by atoms with E-state index in [4.69, 9.17) is 21.4 Å². The van der Waals surface area contributed by atoms with Gasteiger partial charge in [0.1, 0.15) is 16.5 Å². The summed E-state index contributed by atoms with van der Waals surface area (Å²) in [5, 5.41) is 12.2. The number of ether oxygens (including phenoxy) is 1. The van der Waals surface area contributed by atoms with Crippen LogP contribution in [0.1, 0.15) is 15.9 Å². The Kier molecular flexibility index (Phi) is 4.37. The Balaban J connectivity index is 2.13. The largest absolute Gasteiger partial charge is 0.481 e. The molecule has 6 nitrogen and oxygen atoms in total. The number of hydrogen-bond acceptors (Lipinski definition) is 5. The number of aromatic carboxylic acids is 1. The minimum Gasteiger partial charge on any atom is -0.481 e. The van der Waals surface area contributed by atoms with Crippen LogP contribution in [0.15, 0.2) is 30.5 Å². The Bertz CT molecular complexity index is 617. The van der Waals surface area contributed by atoms with Crippen LogP contribution < -0.4 is 10.1 Å². The van der Waals surface area contributed by atoms with Gasteiger partial charge in [0.15, 0.2) is 0 Å². The lowest BCUT2D eigenvalue weighted by Crippen LogP contribution is -2.08. The third-order valence-electron chi connectivity index (χ3n) is 2.56. The summed E-state index contributed by atoms with van der Waals surface area (Å²) in [4.78, 5) is 19.1. The lowest BCUT2D eigenvalue weighted by molar-refractivity contribution is 0.0697. The zero-order valence-electron chi connectivity index (χ0n) is 10.6. The molecule has 2 aromatic rings. The number of methoxy groups -OCH3 is 1. The molecule has 2 heterocycles. The second-order valence-electron chi connectivity index (χ2n) is 3.90. The fourth-order valence-electron chi connectivity index (χ4n) is 1.56. The maximum atomic E-state index is 11.1. The average molecular weight is 294 g/mol. The van der Waals surface area contributed by atoms with Gasteiger partial charge in [0.05, 0.1) is 7.11 Å². The maximum Gasteiger partial charge on any atom is 0.339 e. The van der Waals surface area contributed by atoms with Crippen LogP contribution in [0.4, 0.5) is 5.82 Å². The van der Waals surface area contributed by atoms with Gasteiger partial charge in [-0.05, 0) is 17.7 Å². The number of pyridine rings is 2. The van der Waals surface area contributed by atoms with E-state index >= 15 is 0 Å². The Labute approximate surface area is 120 Å². The van der Waals surface area contributed by atoms with Gasteiger partial charge in [-0.2, -0.15) is 0 Å². The minimum atomic E-state index is -1.07. The van der Waals surface area contributed by atoms with E-state index in [1.165, 1.54) is 19.2 Å². The molecule has 104 valence electrons. The number of halogens is 1. The van der Waals surface area contributed by atoms with Gasteiger partial charge in [-0.15, -0.1) is 0 Å². The van der Waals surface area contributed by atoms with Crippen LogP contribution >= 0.6 is 11.6 Å². The molecule has 2 N–H and O–H groups in total. The van der Waals surface area contributed by atoms with Crippen molar-refractivity contribution in [3.8, 4) is 5.88 Å². The third-order valence-corrected chi connectivity index (χ3v) is 2.77. The highest BCUT2D eigenvalue weighted by Crippen LogP contribution is 2.17. The first-order chi connectivity index (χ1) is 9.60. The van der Waals surface area contributed by atoms with E-state index in [0.717, 1.165) is 5.56 Å². The third kappa shape index (κ3) is 3.36. The molecule has 0 bridgehead atoms. The normalized spacial score (nSPS) is 10.1. The predicted molar refractivity (Wildman–Crippen MR) is 74.3 cm³/mol. The zero-order chi connectivity index (χ0) is 14.5. The summed E-state index contributed by atoms with van der Waals surface area (Å²) in [5.74, 6) is -0.328. The Morgan fingerprint density at radius 1 is 1.40 bits per heavy atom. The van der Waals surface area contributed by atoms with Crippen molar-refractivity contribution < 1.29 is 14.6 Å². The second-order valence-corrected chi connectivity index (χ2v) is 4.28. The summed E-state index contributed by atoms with van der Waals surface area (Å²) in [6, 6.07) is 6.39. The number of anilines is 1. The molecule has 0 aliphatic heterocycles. The average Bonchev–Trinajstić information content (AvgIpc) is 2.45. The standard InChI is InChI=1S/C13H12ClN3O3/c1-20-11-5-2-8(6-15-11)7-16-12-9(13(18)19)3-4-10(14)17-12/h2-6H,7H2,1H3,(H,16,17)(H,18,19). The first-order valence-electron chi connectivity index (χ1n) is 5.73. The lowest BCUT2D eigenvalue weighted by Gasteiger charge is -2.09. The molecule has 0 saturated heterocycles. The van der Waals surface area contributed by atoms with Crippen molar-refractivity contribution in [1.82, 2.24) is 9.97 Å². The first kappa shape index (κ1) is 14.1. The second kappa shape index (κ2) is 6.21. The molecule has 0 fully saturated rings. The monoisotopic (exact) mass is 293 g/mol. The van der Waals surface area contributed by atoms with Crippen LogP contribution in [0.5, 0.6) is 5.88 Å². The summed E-state index contributed by atoms with van der Waals surface area (Å²) < 4.78 is 4.96. The quantitative estimate of drug-likeness (QED) is 0.824. The SMILES string of the molecule is COc1ccc(CNc2nc(Cl)ccc2C(=O)O)cn1. The molecule has 0 amide bonds. The molecule has 0 saturated carbocycles. The molecule has 0 atom stereocenters. The summed E-state index contributed by atoms with van der Waals surface area (Å²) in [5.41, 5.74) is 0.930. The molecule has 0 aliphatic rings. The summed E-state index contributed by atoms with van der Waals surface area (Å²) in [6.07, 6.45) is 1.64. The van der Waals surface area contributed by atoms with Crippen molar-refractivity contribution in [1.29, 1.82) is 0 Å². The fraction of sp³-hybridized carbons (Fsp3) is 0.154. The Hall–Kier alpha value is -2.34. The molecular weight excluding hydrogens is 282 g/mol. The molecule has 2 rings (SSSR count). The Morgan fingerprint density at radius 2 is 2.20 bits per heavy atom. The van der Waals surface area contributed by atoms with Crippen LogP contribution in [-0.2, 0) is 6.54 Å². The number of carbonyl (C=O) groups is 1. The smallest absolute Gasteiger partial charge is 0.339 e. The molecule has 2 aromatic heterocycles. The molecule has 7 heteroatoms. The van der Waals surface area contributed by atoms with Gasteiger partial charge < -0.3 is 15.2 Å². The van der Waals surface area contributed by atoms with Crippen molar-refractivity contribution in [3.63, 3.8) is 0 Å². The van der Waals surface area contributed by atoms with Crippen LogP contribution in [-0.4, -0.2) is 28.2 Å². The van der Waals surface area contributed by atoms with E-state index < -0.39 is 5.97 Å². The highest BCUT2D eigenvalue weighted by atomic mass is 35.5. The van der Waals surface area contributed by atoms with E-state index in [1.54, 1.807) is 12.3 Å². The summed E-state index contributed by atoms with van der Waals surface area (Å²) >= 11 is 5.77. The van der Waals surface area contributed by atoms with Gasteiger partial charge in [-0.25, -0.2) is 14.8 Å². The van der Waals surface area contributed by atoms with E-state index in [2.05, 4.69) is 15.3 Å². The molecule has 0 aromatic carbocycles. The number of nitrogens with zero attached hydrogens (tertiary/aromatic N) is 2. The Morgan fingerprint density at radius 3 is 2.80 bits per heavy atom. The molecule has 0 spiro atoms. The van der Waals surface area contributed by atoms with Crippen LogP contribution in [0.3, 0.4) is 0 Å². The van der Waals surface area contributed by atoms with E-state index in [0.29, 0.717) is 12.4 Å². The predicted octanol–water partition coefficient (Wildman–Crippen LogP) is 2.45. The van der Waals surface area contributed by atoms with Gasteiger partial charge in [-0.3, -0.25) is 0 Å². The zero-order valence-corrected chi connectivity index (χ0v) is 11.4. The summed E-state index contributed by atoms with van der Waals surface area (Å²) in [6.45, 7) is 0.380. The molecule has 20 heavy (non-hydrogen) atoms. The number of hydrogen-bond donors (Lipinski definition) is 2. The summed E-state index contributed by atoms with van der Waals surface area (Å²) in [7, 11) is 1.54. The molecule has 0 unspecified atom stereocenters. The fourth-order valence-corrected chi connectivity index (χ4v) is 1.71. The number of rotatable bonds is 5. The number of carboxylic acids is 1. The van der Waals surface area contributed by atoms with Gasteiger partial charge >= 0.3 is 5.97 Å². The van der Waals surface area contributed by atoms with Crippen molar-refractivity contribution >= 4 is 23.4 Å². The van der Waals surface area contributed by atoms with Crippen LogP contribution in [0.2, 0.25) is 5.15 Å². The van der Waals surface area contributed by atoms with Crippen molar-refractivity contribution in [2.45, 2.75) is 6.54 Å². The molecule has 0 radical (unpaired) electrons. The van der Waals surface area contributed by atoms with Gasteiger partial charge in [0.2, 0.25) is 5.88 Å². The van der Waals surface area contributed by atoms with Gasteiger partial charge in [0.25, 0.3) is 0 Å². The van der Waals surface area contributed by atoms with E-state index in [-0.39, 0.29) is 16.5 Å². The highest BCUT2D eigenvalue weighted by Gasteiger charge is 2.11.